The Kier molecular flexibility index (Phi) is 11.6. The summed E-state index contributed by atoms with van der Waals surface area (Å²) in [6.45, 7) is 13.3. The molecule has 2 aromatic carbocycles. The number of ether oxygens (including phenoxy) is 1. The van der Waals surface area contributed by atoms with E-state index in [1.165, 1.54) is 11.6 Å². The molecule has 3 rings (SSSR count). The van der Waals surface area contributed by atoms with Crippen LogP contribution in [0.2, 0.25) is 0 Å². The van der Waals surface area contributed by atoms with Gasteiger partial charge in [-0.3, -0.25) is 4.79 Å². The first-order chi connectivity index (χ1) is 17.3. The largest absolute Gasteiger partial charge is 0.481 e. The zero-order valence-corrected chi connectivity index (χ0v) is 22.4. The molecule has 0 radical (unpaired) electrons. The Morgan fingerprint density at radius 1 is 1.22 bits per heavy atom. The van der Waals surface area contributed by atoms with E-state index in [0.717, 1.165) is 33.9 Å². The molecule has 1 unspecified atom stereocenters. The third kappa shape index (κ3) is 9.16. The number of rotatable bonds is 10. The maximum atomic E-state index is 10.9. The van der Waals surface area contributed by atoms with Crippen molar-refractivity contribution in [2.24, 2.45) is 5.92 Å². The van der Waals surface area contributed by atoms with Gasteiger partial charge in [-0.2, -0.15) is 4.98 Å². The van der Waals surface area contributed by atoms with Crippen LogP contribution in [0.1, 0.15) is 32.8 Å². The van der Waals surface area contributed by atoms with E-state index in [-0.39, 0.29) is 6.42 Å². The fourth-order valence-corrected chi connectivity index (χ4v) is 3.61. The number of carboxylic acids is 1. The second-order valence-corrected chi connectivity index (χ2v) is 8.98. The number of H-pyrrole nitrogens is 1. The summed E-state index contributed by atoms with van der Waals surface area (Å²) >= 11 is 0. The molecule has 0 amide bonds. The Hall–Kier alpha value is -3.69. The van der Waals surface area contributed by atoms with Crippen molar-refractivity contribution in [1.29, 1.82) is 0 Å². The zero-order valence-electron chi connectivity index (χ0n) is 21.2. The number of aromatic amines is 1. The third-order valence-corrected chi connectivity index (χ3v) is 5.42. The highest BCUT2D eigenvalue weighted by molar-refractivity contribution is 7.28. The molecule has 2 N–H and O–H groups in total. The van der Waals surface area contributed by atoms with Gasteiger partial charge in [-0.1, -0.05) is 75.1 Å². The summed E-state index contributed by atoms with van der Waals surface area (Å²) < 4.78 is 5.86. The minimum Gasteiger partial charge on any atom is -0.481 e. The quantitative estimate of drug-likeness (QED) is 0.134. The Bertz CT molecular complexity index is 1270. The molecule has 0 spiro atoms. The first-order valence-corrected chi connectivity index (χ1v) is 12.4. The molecular weight excluding hydrogens is 467 g/mol. The summed E-state index contributed by atoms with van der Waals surface area (Å²) in [6.07, 6.45) is 13.4. The number of allylic oxidation sites excluding steroid dienone is 6. The molecule has 0 saturated heterocycles. The fourth-order valence-electron chi connectivity index (χ4n) is 3.20. The Morgan fingerprint density at radius 3 is 2.50 bits per heavy atom. The van der Waals surface area contributed by atoms with Crippen molar-refractivity contribution in [3.05, 3.63) is 103 Å². The van der Waals surface area contributed by atoms with E-state index < -0.39 is 5.97 Å². The number of hydrogen-bond acceptors (Lipinski definition) is 3. The van der Waals surface area contributed by atoms with Crippen LogP contribution in [0.4, 0.5) is 0 Å². The van der Waals surface area contributed by atoms with Gasteiger partial charge < -0.3 is 14.8 Å². The Morgan fingerprint density at radius 2 is 1.94 bits per heavy atom. The van der Waals surface area contributed by atoms with E-state index >= 15 is 0 Å². The lowest BCUT2D eigenvalue weighted by Crippen LogP contribution is -1.98. The van der Waals surface area contributed by atoms with E-state index in [9.17, 15) is 4.79 Å². The standard InChI is InChI=1S/C25H27N2O3P.C5H8/c1-4-5-17-7-9-18(10-8-17)20-14-21-22(15-23(20)31)27-25(26-21)30-19(11-6-16(2)3)12-13-24(28)29;1-3-5-4-2/h4,6-12,14-16H,1,5,13,31H2,2-3H3,(H,26,27)(H,28,29);3-5H,1H2,2H3/b11-6-,19-12+;5-4+. The maximum Gasteiger partial charge on any atom is 0.307 e. The fraction of sp³-hybridized carbons (Fsp3) is 0.200. The molecular formula is C30H35N2O3P. The summed E-state index contributed by atoms with van der Waals surface area (Å²) in [5.74, 6) is -0.160. The van der Waals surface area contributed by atoms with Crippen molar-refractivity contribution < 1.29 is 14.6 Å². The lowest BCUT2D eigenvalue weighted by Gasteiger charge is -2.07. The lowest BCUT2D eigenvalue weighted by molar-refractivity contribution is -0.136. The molecule has 0 aliphatic rings. The van der Waals surface area contributed by atoms with E-state index in [1.54, 1.807) is 12.2 Å². The third-order valence-electron chi connectivity index (χ3n) is 4.94. The second kappa shape index (κ2) is 14.7. The molecule has 0 aliphatic carbocycles. The number of carbonyl (C=O) groups is 1. The number of benzene rings is 2. The number of fused-ring (bicyclic) bond motifs is 1. The van der Waals surface area contributed by atoms with Gasteiger partial charge in [-0.25, -0.2) is 0 Å². The van der Waals surface area contributed by atoms with Crippen LogP contribution in [0.25, 0.3) is 22.2 Å². The van der Waals surface area contributed by atoms with Crippen molar-refractivity contribution in [3.8, 4) is 17.1 Å². The van der Waals surface area contributed by atoms with Gasteiger partial charge in [0, 0.05) is 0 Å². The summed E-state index contributed by atoms with van der Waals surface area (Å²) in [6, 6.07) is 12.8. The van der Waals surface area contributed by atoms with Crippen LogP contribution in [0.3, 0.4) is 0 Å². The minimum absolute atomic E-state index is 0.125. The van der Waals surface area contributed by atoms with Gasteiger partial charge in [0.05, 0.1) is 17.5 Å². The van der Waals surface area contributed by atoms with Gasteiger partial charge in [0.1, 0.15) is 5.76 Å². The van der Waals surface area contributed by atoms with Crippen molar-refractivity contribution in [1.82, 2.24) is 9.97 Å². The van der Waals surface area contributed by atoms with Gasteiger partial charge in [0.15, 0.2) is 0 Å². The summed E-state index contributed by atoms with van der Waals surface area (Å²) in [4.78, 5) is 18.7. The van der Waals surface area contributed by atoms with Crippen molar-refractivity contribution in [2.75, 3.05) is 0 Å². The average molecular weight is 503 g/mol. The summed E-state index contributed by atoms with van der Waals surface area (Å²) in [7, 11) is 2.77. The maximum absolute atomic E-state index is 10.9. The molecule has 36 heavy (non-hydrogen) atoms. The molecule has 188 valence electrons. The Labute approximate surface area is 216 Å². The second-order valence-electron chi connectivity index (χ2n) is 8.36. The molecule has 5 nitrogen and oxygen atoms in total. The monoisotopic (exact) mass is 502 g/mol. The van der Waals surface area contributed by atoms with Gasteiger partial charge in [-0.15, -0.1) is 15.8 Å². The highest BCUT2D eigenvalue weighted by Crippen LogP contribution is 2.26. The van der Waals surface area contributed by atoms with Crippen LogP contribution >= 0.6 is 9.24 Å². The number of nitrogens with zero attached hydrogens (tertiary/aromatic N) is 1. The summed E-state index contributed by atoms with van der Waals surface area (Å²) in [5, 5.41) is 10.0. The number of imidazole rings is 1. The predicted octanol–water partition coefficient (Wildman–Crippen LogP) is 7.16. The minimum atomic E-state index is -0.917. The molecule has 0 fully saturated rings. The van der Waals surface area contributed by atoms with Crippen LogP contribution in [0.5, 0.6) is 6.01 Å². The number of carboxylic acid groups (broad SMARTS) is 1. The SMILES string of the molecule is C=C/C=C/C.C=CCc1ccc(-c2cc3[nH]c(OC(/C=C\C(C)C)=C/CC(=O)O)nc3cc2P)cc1. The molecule has 1 atom stereocenters. The van der Waals surface area contributed by atoms with Crippen LogP contribution in [0.15, 0.2) is 97.8 Å². The summed E-state index contributed by atoms with van der Waals surface area (Å²) in [5.41, 5.74) is 5.03. The van der Waals surface area contributed by atoms with E-state index in [0.29, 0.717) is 17.7 Å². The number of nitrogens with one attached hydrogen (secondary N) is 1. The average Bonchev–Trinajstić information content (AvgIpc) is 3.23. The van der Waals surface area contributed by atoms with E-state index in [2.05, 4.69) is 56.6 Å². The van der Waals surface area contributed by atoms with Gasteiger partial charge >= 0.3 is 5.97 Å². The predicted molar refractivity (Wildman–Crippen MR) is 155 cm³/mol. The molecule has 0 bridgehead atoms. The van der Waals surface area contributed by atoms with Crippen LogP contribution in [-0.2, 0) is 11.2 Å². The molecule has 3 aromatic rings. The van der Waals surface area contributed by atoms with Crippen molar-refractivity contribution in [3.63, 3.8) is 0 Å². The first kappa shape index (κ1) is 28.5. The van der Waals surface area contributed by atoms with E-state index in [1.807, 2.05) is 57.2 Å². The topological polar surface area (TPSA) is 75.2 Å². The van der Waals surface area contributed by atoms with Gasteiger partial charge in [0.2, 0.25) is 0 Å². The van der Waals surface area contributed by atoms with Gasteiger partial charge in [0.25, 0.3) is 6.01 Å². The van der Waals surface area contributed by atoms with Crippen molar-refractivity contribution in [2.45, 2.75) is 33.6 Å². The molecule has 6 heteroatoms. The van der Waals surface area contributed by atoms with Gasteiger partial charge in [-0.05, 0) is 65.5 Å². The lowest BCUT2D eigenvalue weighted by atomic mass is 10.0. The number of hydrogen-bond donors (Lipinski definition) is 2. The first-order valence-electron chi connectivity index (χ1n) is 11.8. The normalized spacial score (nSPS) is 11.6. The zero-order chi connectivity index (χ0) is 26.5. The number of aromatic nitrogens is 2. The molecule has 0 saturated carbocycles. The van der Waals surface area contributed by atoms with E-state index in [4.69, 9.17) is 9.84 Å². The molecule has 1 heterocycles. The Balaban J connectivity index is 0.000000830. The van der Waals surface area contributed by atoms with Crippen LogP contribution in [0, 0.1) is 5.92 Å². The highest BCUT2D eigenvalue weighted by Gasteiger charge is 2.11. The molecule has 1 aromatic heterocycles. The highest BCUT2D eigenvalue weighted by atomic mass is 31.0. The van der Waals surface area contributed by atoms with Crippen molar-refractivity contribution >= 4 is 31.5 Å². The molecule has 0 aliphatic heterocycles. The number of aliphatic carboxylic acids is 1. The van der Waals surface area contributed by atoms with Crippen LogP contribution in [-0.4, -0.2) is 21.0 Å². The van der Waals surface area contributed by atoms with Crippen LogP contribution < -0.4 is 10.0 Å². The smallest absolute Gasteiger partial charge is 0.307 e.